The second-order valence-corrected chi connectivity index (χ2v) is 8.26. The largest absolute Gasteiger partial charge is 0.373 e. The lowest BCUT2D eigenvalue weighted by molar-refractivity contribution is -0.169. The maximum absolute atomic E-state index is 11.7. The molecule has 1 aliphatic heterocycles. The molecule has 2 saturated carbocycles. The molecular weight excluding hydrogens is 348 g/mol. The highest BCUT2D eigenvalue weighted by Crippen LogP contribution is 2.51. The maximum Gasteiger partial charge on any atom is 0.248 e. The van der Waals surface area contributed by atoms with Gasteiger partial charge in [-0.15, -0.1) is 12.4 Å². The Labute approximate surface area is 162 Å². The summed E-state index contributed by atoms with van der Waals surface area (Å²) < 4.78 is 6.27. The average molecular weight is 379 g/mol. The number of fused-ring (bicyclic) bond motifs is 2. The van der Waals surface area contributed by atoms with Crippen molar-refractivity contribution in [3.8, 4) is 0 Å². The molecule has 0 aromatic heterocycles. The number of halogens is 1. The third kappa shape index (κ3) is 3.51. The van der Waals surface area contributed by atoms with Crippen molar-refractivity contribution in [1.29, 1.82) is 0 Å². The number of amides is 1. The molecule has 144 valence electrons. The summed E-state index contributed by atoms with van der Waals surface area (Å²) in [5.74, 6) is 1.61. The van der Waals surface area contributed by atoms with Crippen LogP contribution in [-0.2, 0) is 10.3 Å². The summed E-state index contributed by atoms with van der Waals surface area (Å²) in [7, 11) is 1.85. The van der Waals surface area contributed by atoms with Gasteiger partial charge in [-0.25, -0.2) is 0 Å². The van der Waals surface area contributed by atoms with Crippen molar-refractivity contribution in [3.63, 3.8) is 0 Å². The lowest BCUT2D eigenvalue weighted by Gasteiger charge is -2.55. The van der Waals surface area contributed by atoms with E-state index in [0.717, 1.165) is 24.6 Å². The number of likely N-dealkylation sites (tertiary alicyclic amines) is 1. The molecule has 2 N–H and O–H groups in total. The zero-order chi connectivity index (χ0) is 17.4. The number of carbonyl (C=O) groups is 1. The SMILES string of the molecule is COC1(c2cccc(C(N)=O)c2)C2CCCC1CN(CCC1CC1)C2.Cl. The van der Waals surface area contributed by atoms with E-state index in [4.69, 9.17) is 10.5 Å². The molecule has 1 amide bonds. The second-order valence-electron chi connectivity index (χ2n) is 8.26. The fourth-order valence-electron chi connectivity index (χ4n) is 5.32. The van der Waals surface area contributed by atoms with Gasteiger partial charge in [0.1, 0.15) is 5.60 Å². The lowest BCUT2D eigenvalue weighted by atomic mass is 9.62. The Morgan fingerprint density at radius 3 is 2.50 bits per heavy atom. The van der Waals surface area contributed by atoms with Crippen LogP contribution in [0, 0.1) is 17.8 Å². The molecule has 2 bridgehead atoms. The van der Waals surface area contributed by atoms with Gasteiger partial charge in [0, 0.05) is 37.6 Å². The van der Waals surface area contributed by atoms with Gasteiger partial charge in [-0.1, -0.05) is 31.4 Å². The van der Waals surface area contributed by atoms with Gasteiger partial charge in [-0.3, -0.25) is 4.79 Å². The van der Waals surface area contributed by atoms with Crippen molar-refractivity contribution in [2.24, 2.45) is 23.5 Å². The van der Waals surface area contributed by atoms with Crippen LogP contribution >= 0.6 is 12.4 Å². The smallest absolute Gasteiger partial charge is 0.248 e. The third-order valence-electron chi connectivity index (χ3n) is 6.76. The van der Waals surface area contributed by atoms with E-state index in [1.54, 1.807) is 6.07 Å². The van der Waals surface area contributed by atoms with Gasteiger partial charge in [0.05, 0.1) is 0 Å². The predicted molar refractivity (Wildman–Crippen MR) is 106 cm³/mol. The van der Waals surface area contributed by atoms with Crippen LogP contribution in [-0.4, -0.2) is 37.6 Å². The van der Waals surface area contributed by atoms with Gasteiger partial charge in [-0.05, 0) is 49.4 Å². The van der Waals surface area contributed by atoms with E-state index in [1.807, 2.05) is 19.2 Å². The zero-order valence-corrected chi connectivity index (χ0v) is 16.5. The normalized spacial score (nSPS) is 31.3. The van der Waals surface area contributed by atoms with Gasteiger partial charge in [0.15, 0.2) is 0 Å². The lowest BCUT2D eigenvalue weighted by Crippen LogP contribution is -2.59. The Hall–Kier alpha value is -1.10. The molecule has 26 heavy (non-hydrogen) atoms. The number of piperidine rings is 1. The first-order valence-corrected chi connectivity index (χ1v) is 9.81. The molecule has 2 unspecified atom stereocenters. The van der Waals surface area contributed by atoms with Crippen LogP contribution in [0.4, 0.5) is 0 Å². The van der Waals surface area contributed by atoms with E-state index >= 15 is 0 Å². The molecule has 0 radical (unpaired) electrons. The number of ether oxygens (including phenoxy) is 1. The summed E-state index contributed by atoms with van der Waals surface area (Å²) >= 11 is 0. The van der Waals surface area contributed by atoms with Gasteiger partial charge in [0.2, 0.25) is 5.91 Å². The van der Waals surface area contributed by atoms with E-state index in [0.29, 0.717) is 17.4 Å². The van der Waals surface area contributed by atoms with Crippen LogP contribution in [0.15, 0.2) is 24.3 Å². The van der Waals surface area contributed by atoms with Crippen LogP contribution in [0.2, 0.25) is 0 Å². The summed E-state index contributed by atoms with van der Waals surface area (Å²) in [5, 5.41) is 0. The molecular formula is C21H31ClN2O2. The number of primary amides is 1. The number of nitrogens with two attached hydrogens (primary N) is 1. The molecule has 1 aromatic carbocycles. The highest BCUT2D eigenvalue weighted by atomic mass is 35.5. The Balaban J connectivity index is 0.00000196. The summed E-state index contributed by atoms with van der Waals surface area (Å²) in [5.41, 5.74) is 6.98. The Morgan fingerprint density at radius 1 is 1.23 bits per heavy atom. The maximum atomic E-state index is 11.7. The van der Waals surface area contributed by atoms with Gasteiger partial charge in [-0.2, -0.15) is 0 Å². The number of nitrogens with zero attached hydrogens (tertiary/aromatic N) is 1. The molecule has 4 rings (SSSR count). The molecule has 3 fully saturated rings. The third-order valence-corrected chi connectivity index (χ3v) is 6.76. The van der Waals surface area contributed by atoms with Crippen molar-refractivity contribution < 1.29 is 9.53 Å². The minimum Gasteiger partial charge on any atom is -0.373 e. The molecule has 2 aliphatic carbocycles. The average Bonchev–Trinajstić information content (AvgIpc) is 3.43. The van der Waals surface area contributed by atoms with Gasteiger partial charge in [0.25, 0.3) is 0 Å². The van der Waals surface area contributed by atoms with Crippen molar-refractivity contribution in [2.75, 3.05) is 26.7 Å². The number of rotatable bonds is 6. The quantitative estimate of drug-likeness (QED) is 0.823. The molecule has 1 saturated heterocycles. The molecule has 1 heterocycles. The van der Waals surface area contributed by atoms with E-state index in [1.165, 1.54) is 45.1 Å². The monoisotopic (exact) mass is 378 g/mol. The molecule has 2 atom stereocenters. The van der Waals surface area contributed by atoms with Crippen molar-refractivity contribution in [2.45, 2.75) is 44.1 Å². The predicted octanol–water partition coefficient (Wildman–Crippen LogP) is 3.58. The van der Waals surface area contributed by atoms with Gasteiger partial charge < -0.3 is 15.4 Å². The second kappa shape index (κ2) is 7.87. The Morgan fingerprint density at radius 2 is 1.92 bits per heavy atom. The molecule has 4 nitrogen and oxygen atoms in total. The summed E-state index contributed by atoms with van der Waals surface area (Å²) in [6, 6.07) is 7.85. The Bertz CT molecular complexity index is 633. The molecule has 5 heteroatoms. The highest BCUT2D eigenvalue weighted by molar-refractivity contribution is 5.92. The zero-order valence-electron chi connectivity index (χ0n) is 15.7. The topological polar surface area (TPSA) is 55.6 Å². The first-order chi connectivity index (χ1) is 12.1. The van der Waals surface area contributed by atoms with Crippen molar-refractivity contribution >= 4 is 18.3 Å². The standard InChI is InChI=1S/C21H30N2O2.ClH/c1-25-21(17-5-2-4-16(12-17)20(22)24)18-6-3-7-19(21)14-23(13-18)11-10-15-8-9-15;/h2,4-5,12,15,18-19H,3,6-11,13-14H2,1H3,(H2,22,24);1H. The molecule has 1 aromatic rings. The van der Waals surface area contributed by atoms with Crippen molar-refractivity contribution in [1.82, 2.24) is 4.90 Å². The minimum absolute atomic E-state index is 0. The Kier molecular flexibility index (Phi) is 5.95. The van der Waals surface area contributed by atoms with E-state index in [2.05, 4.69) is 11.0 Å². The van der Waals surface area contributed by atoms with Crippen LogP contribution in [0.25, 0.3) is 0 Å². The number of methoxy groups -OCH3 is 1. The van der Waals surface area contributed by atoms with Gasteiger partial charge >= 0.3 is 0 Å². The number of hydrogen-bond donors (Lipinski definition) is 1. The van der Waals surface area contributed by atoms with Crippen LogP contribution in [0.1, 0.15) is 54.4 Å². The van der Waals surface area contributed by atoms with E-state index in [-0.39, 0.29) is 23.9 Å². The first-order valence-electron chi connectivity index (χ1n) is 9.81. The van der Waals surface area contributed by atoms with Crippen molar-refractivity contribution in [3.05, 3.63) is 35.4 Å². The highest BCUT2D eigenvalue weighted by Gasteiger charge is 2.53. The minimum atomic E-state index is -0.361. The van der Waals surface area contributed by atoms with E-state index < -0.39 is 0 Å². The fourth-order valence-corrected chi connectivity index (χ4v) is 5.32. The van der Waals surface area contributed by atoms with Crippen LogP contribution in [0.3, 0.4) is 0 Å². The van der Waals surface area contributed by atoms with E-state index in [9.17, 15) is 4.79 Å². The van der Waals surface area contributed by atoms with Crippen LogP contribution < -0.4 is 5.73 Å². The number of benzene rings is 1. The summed E-state index contributed by atoms with van der Waals surface area (Å²) in [6.45, 7) is 3.45. The van der Waals surface area contributed by atoms with Crippen LogP contribution in [0.5, 0.6) is 0 Å². The molecule has 0 spiro atoms. The fraction of sp³-hybridized carbons (Fsp3) is 0.667. The number of carbonyl (C=O) groups excluding carboxylic acids is 1. The summed E-state index contributed by atoms with van der Waals surface area (Å²) in [6.07, 6.45) is 7.91. The first kappa shape index (κ1) is 19.7. The summed E-state index contributed by atoms with van der Waals surface area (Å²) in [4.78, 5) is 14.3. The number of hydrogen-bond acceptors (Lipinski definition) is 3. The molecule has 3 aliphatic rings.